The van der Waals surface area contributed by atoms with Crippen LogP contribution in [0.2, 0.25) is 0 Å². The van der Waals surface area contributed by atoms with Gasteiger partial charge < -0.3 is 5.32 Å². The molecule has 1 fully saturated rings. The van der Waals surface area contributed by atoms with Gasteiger partial charge in [-0.1, -0.05) is 15.9 Å². The Balaban J connectivity index is 2.46. The first kappa shape index (κ1) is 10.9. The molecule has 1 N–H and O–H groups in total. The standard InChI is InChI=1S/C8H12BrF2NO/c9-4-5-12-7(13)6-2-1-3-8(6,10)11/h6H,1-5H2,(H,12,13). The van der Waals surface area contributed by atoms with Crippen molar-refractivity contribution in [1.29, 1.82) is 0 Å². The molecular weight excluding hydrogens is 244 g/mol. The highest BCUT2D eigenvalue weighted by Gasteiger charge is 2.47. The van der Waals surface area contributed by atoms with Crippen LogP contribution in [-0.2, 0) is 4.79 Å². The van der Waals surface area contributed by atoms with Gasteiger partial charge in [-0.15, -0.1) is 0 Å². The average Bonchev–Trinajstić information content (AvgIpc) is 2.41. The van der Waals surface area contributed by atoms with E-state index in [0.717, 1.165) is 0 Å². The third-order valence-electron chi connectivity index (χ3n) is 2.22. The van der Waals surface area contributed by atoms with Gasteiger partial charge >= 0.3 is 0 Å². The van der Waals surface area contributed by atoms with Crippen LogP contribution in [0.1, 0.15) is 19.3 Å². The molecule has 0 saturated heterocycles. The predicted octanol–water partition coefficient (Wildman–Crippen LogP) is 1.93. The van der Waals surface area contributed by atoms with Gasteiger partial charge in [0.15, 0.2) is 0 Å². The van der Waals surface area contributed by atoms with Crippen LogP contribution in [-0.4, -0.2) is 23.7 Å². The van der Waals surface area contributed by atoms with Gasteiger partial charge in [0.25, 0.3) is 5.92 Å². The second-order valence-corrected chi connectivity index (χ2v) is 3.98. The third kappa shape index (κ3) is 2.62. The molecule has 1 unspecified atom stereocenters. The monoisotopic (exact) mass is 255 g/mol. The first-order valence-corrected chi connectivity index (χ1v) is 5.41. The topological polar surface area (TPSA) is 29.1 Å². The highest BCUT2D eigenvalue weighted by Crippen LogP contribution is 2.40. The van der Waals surface area contributed by atoms with Crippen LogP contribution in [0.4, 0.5) is 8.78 Å². The van der Waals surface area contributed by atoms with Crippen molar-refractivity contribution in [3.8, 4) is 0 Å². The number of nitrogens with one attached hydrogen (secondary N) is 1. The summed E-state index contributed by atoms with van der Waals surface area (Å²) in [7, 11) is 0. The van der Waals surface area contributed by atoms with Crippen LogP contribution in [0.15, 0.2) is 0 Å². The van der Waals surface area contributed by atoms with E-state index in [1.54, 1.807) is 0 Å². The van der Waals surface area contributed by atoms with Gasteiger partial charge in [0, 0.05) is 18.3 Å². The lowest BCUT2D eigenvalue weighted by molar-refractivity contribution is -0.135. The van der Waals surface area contributed by atoms with Crippen molar-refractivity contribution in [1.82, 2.24) is 5.32 Å². The Morgan fingerprint density at radius 3 is 2.77 bits per heavy atom. The summed E-state index contributed by atoms with van der Waals surface area (Å²) in [6, 6.07) is 0. The number of hydrogen-bond acceptors (Lipinski definition) is 1. The maximum Gasteiger partial charge on any atom is 0.259 e. The van der Waals surface area contributed by atoms with E-state index >= 15 is 0 Å². The summed E-state index contributed by atoms with van der Waals surface area (Å²) in [5, 5.41) is 3.06. The summed E-state index contributed by atoms with van der Waals surface area (Å²) in [5.41, 5.74) is 0. The lowest BCUT2D eigenvalue weighted by Gasteiger charge is -2.17. The van der Waals surface area contributed by atoms with E-state index in [4.69, 9.17) is 0 Å². The number of alkyl halides is 3. The summed E-state index contributed by atoms with van der Waals surface area (Å²) >= 11 is 3.11. The molecule has 0 spiro atoms. The molecule has 5 heteroatoms. The van der Waals surface area contributed by atoms with E-state index in [-0.39, 0.29) is 6.42 Å². The van der Waals surface area contributed by atoms with Gasteiger partial charge in [0.1, 0.15) is 5.92 Å². The number of amides is 1. The van der Waals surface area contributed by atoms with E-state index < -0.39 is 17.7 Å². The fraction of sp³-hybridized carbons (Fsp3) is 0.875. The zero-order chi connectivity index (χ0) is 9.90. The number of rotatable bonds is 3. The largest absolute Gasteiger partial charge is 0.355 e. The lowest BCUT2D eigenvalue weighted by Crippen LogP contribution is -2.38. The number of carbonyl (C=O) groups excluding carboxylic acids is 1. The van der Waals surface area contributed by atoms with Crippen molar-refractivity contribution in [2.75, 3.05) is 11.9 Å². The summed E-state index contributed by atoms with van der Waals surface area (Å²) in [6.07, 6.45) is 0.597. The SMILES string of the molecule is O=C(NCCBr)C1CCCC1(F)F. The highest BCUT2D eigenvalue weighted by molar-refractivity contribution is 9.09. The molecule has 1 aliphatic rings. The van der Waals surface area contributed by atoms with E-state index in [2.05, 4.69) is 21.2 Å². The van der Waals surface area contributed by atoms with Gasteiger partial charge in [-0.05, 0) is 12.8 Å². The van der Waals surface area contributed by atoms with Crippen molar-refractivity contribution in [2.24, 2.45) is 5.92 Å². The van der Waals surface area contributed by atoms with Gasteiger partial charge in [-0.2, -0.15) is 0 Å². The minimum Gasteiger partial charge on any atom is -0.355 e. The minimum absolute atomic E-state index is 0.153. The van der Waals surface area contributed by atoms with E-state index in [1.165, 1.54) is 0 Å². The predicted molar refractivity (Wildman–Crippen MR) is 49.1 cm³/mol. The molecule has 13 heavy (non-hydrogen) atoms. The highest BCUT2D eigenvalue weighted by atomic mass is 79.9. The normalized spacial score (nSPS) is 25.9. The molecule has 1 rings (SSSR count). The molecule has 0 heterocycles. The number of carbonyl (C=O) groups is 1. The molecule has 76 valence electrons. The van der Waals surface area contributed by atoms with Crippen LogP contribution in [0.3, 0.4) is 0 Å². The van der Waals surface area contributed by atoms with Crippen LogP contribution in [0.25, 0.3) is 0 Å². The van der Waals surface area contributed by atoms with Gasteiger partial charge in [-0.3, -0.25) is 4.79 Å². The smallest absolute Gasteiger partial charge is 0.259 e. The molecule has 0 aromatic carbocycles. The molecule has 1 atom stereocenters. The molecule has 0 aliphatic heterocycles. The molecule has 0 bridgehead atoms. The molecule has 0 aromatic rings. The average molecular weight is 256 g/mol. The van der Waals surface area contributed by atoms with E-state index in [1.807, 2.05) is 0 Å². The Bertz CT molecular complexity index is 199. The first-order chi connectivity index (χ1) is 6.08. The van der Waals surface area contributed by atoms with Gasteiger partial charge in [0.2, 0.25) is 5.91 Å². The van der Waals surface area contributed by atoms with Crippen molar-refractivity contribution >= 4 is 21.8 Å². The Hall–Kier alpha value is -0.190. The Labute approximate surface area is 84.2 Å². The fourth-order valence-corrected chi connectivity index (χ4v) is 1.74. The molecule has 0 radical (unpaired) electrons. The Morgan fingerprint density at radius 1 is 1.62 bits per heavy atom. The molecule has 0 aromatic heterocycles. The van der Waals surface area contributed by atoms with Crippen molar-refractivity contribution < 1.29 is 13.6 Å². The summed E-state index contributed by atoms with van der Waals surface area (Å²) < 4.78 is 26.0. The molecule has 1 amide bonds. The van der Waals surface area contributed by atoms with Crippen LogP contribution in [0, 0.1) is 5.92 Å². The van der Waals surface area contributed by atoms with Crippen LogP contribution in [0.5, 0.6) is 0 Å². The summed E-state index contributed by atoms with van der Waals surface area (Å²) in [5.74, 6) is -4.41. The molecule has 2 nitrogen and oxygen atoms in total. The van der Waals surface area contributed by atoms with Crippen molar-refractivity contribution in [2.45, 2.75) is 25.2 Å². The fourth-order valence-electron chi connectivity index (χ4n) is 1.54. The molecular formula is C8H12BrF2NO. The minimum atomic E-state index is -2.80. The second kappa shape index (κ2) is 4.35. The zero-order valence-electron chi connectivity index (χ0n) is 7.16. The maximum atomic E-state index is 13.0. The molecule has 1 aliphatic carbocycles. The number of hydrogen-bond donors (Lipinski definition) is 1. The lowest BCUT2D eigenvalue weighted by atomic mass is 10.0. The van der Waals surface area contributed by atoms with Crippen molar-refractivity contribution in [3.63, 3.8) is 0 Å². The van der Waals surface area contributed by atoms with Gasteiger partial charge in [0.05, 0.1) is 0 Å². The first-order valence-electron chi connectivity index (χ1n) is 4.29. The zero-order valence-corrected chi connectivity index (χ0v) is 8.74. The third-order valence-corrected chi connectivity index (χ3v) is 2.62. The van der Waals surface area contributed by atoms with Crippen molar-refractivity contribution in [3.05, 3.63) is 0 Å². The maximum absolute atomic E-state index is 13.0. The van der Waals surface area contributed by atoms with Gasteiger partial charge in [-0.25, -0.2) is 8.78 Å². The van der Waals surface area contributed by atoms with E-state index in [0.29, 0.717) is 24.7 Å². The Kier molecular flexibility index (Phi) is 3.64. The summed E-state index contributed by atoms with van der Waals surface area (Å²) in [4.78, 5) is 11.2. The Morgan fingerprint density at radius 2 is 2.31 bits per heavy atom. The number of halogens is 3. The quantitative estimate of drug-likeness (QED) is 0.768. The van der Waals surface area contributed by atoms with Crippen LogP contribution >= 0.6 is 15.9 Å². The second-order valence-electron chi connectivity index (χ2n) is 3.19. The van der Waals surface area contributed by atoms with E-state index in [9.17, 15) is 13.6 Å². The molecule has 1 saturated carbocycles. The summed E-state index contributed by atoms with van der Waals surface area (Å²) in [6.45, 7) is 0.408. The van der Waals surface area contributed by atoms with Crippen LogP contribution < -0.4 is 5.32 Å².